The first-order chi connectivity index (χ1) is 13.0. The number of carboxylic acids is 1. The lowest BCUT2D eigenvalue weighted by molar-refractivity contribution is -0.148. The molecule has 0 spiro atoms. The van der Waals surface area contributed by atoms with E-state index in [-0.39, 0.29) is 41.9 Å². The van der Waals surface area contributed by atoms with Crippen LogP contribution < -0.4 is 5.32 Å². The third-order valence-corrected chi connectivity index (χ3v) is 6.34. The van der Waals surface area contributed by atoms with Crippen molar-refractivity contribution >= 4 is 18.0 Å². The molecule has 2 amide bonds. The number of carbonyl (C=O) groups excluding carboxylic acids is 2. The van der Waals surface area contributed by atoms with Crippen LogP contribution in [0.25, 0.3) is 0 Å². The molecule has 0 unspecified atom stereocenters. The first-order valence-corrected chi connectivity index (χ1v) is 9.97. The fourth-order valence-electron chi connectivity index (χ4n) is 4.66. The Kier molecular flexibility index (Phi) is 6.57. The van der Waals surface area contributed by atoms with Crippen LogP contribution >= 0.6 is 0 Å². The standard InChI is InChI=1S/C19H30N2O6/c1-26-18(24)15-8-11-27-16(15)12-6-9-21(10-7-12)19(25)20-14-4-2-13(3-5-14)17(22)23/h12-16H,2-11H2,1H3,(H,20,25)(H,22,23)/t13?,14?,15-,16+/m1/s1. The fourth-order valence-corrected chi connectivity index (χ4v) is 4.66. The van der Waals surface area contributed by atoms with Crippen LogP contribution in [0, 0.1) is 17.8 Å². The van der Waals surface area contributed by atoms with E-state index in [1.54, 1.807) is 0 Å². The van der Waals surface area contributed by atoms with Gasteiger partial charge < -0.3 is 24.8 Å². The molecule has 3 rings (SSSR count). The third kappa shape index (κ3) is 4.72. The van der Waals surface area contributed by atoms with Crippen molar-refractivity contribution in [3.05, 3.63) is 0 Å². The lowest BCUT2D eigenvalue weighted by Gasteiger charge is -2.37. The van der Waals surface area contributed by atoms with Gasteiger partial charge in [-0.15, -0.1) is 0 Å². The summed E-state index contributed by atoms with van der Waals surface area (Å²) >= 11 is 0. The van der Waals surface area contributed by atoms with Crippen molar-refractivity contribution in [3.63, 3.8) is 0 Å². The molecule has 2 N–H and O–H groups in total. The van der Waals surface area contributed by atoms with E-state index >= 15 is 0 Å². The van der Waals surface area contributed by atoms with E-state index < -0.39 is 5.97 Å². The number of amides is 2. The van der Waals surface area contributed by atoms with Gasteiger partial charge in [-0.3, -0.25) is 9.59 Å². The molecule has 8 heteroatoms. The van der Waals surface area contributed by atoms with E-state index in [0.29, 0.717) is 39.0 Å². The van der Waals surface area contributed by atoms with Crippen molar-refractivity contribution in [1.82, 2.24) is 10.2 Å². The van der Waals surface area contributed by atoms with Crippen LogP contribution in [0.5, 0.6) is 0 Å². The van der Waals surface area contributed by atoms with Crippen LogP contribution in [0.1, 0.15) is 44.9 Å². The average Bonchev–Trinajstić information content (AvgIpc) is 3.17. The van der Waals surface area contributed by atoms with Gasteiger partial charge in [0.25, 0.3) is 0 Å². The molecule has 3 fully saturated rings. The molecule has 0 aromatic rings. The summed E-state index contributed by atoms with van der Waals surface area (Å²) in [5.74, 6) is -1.13. The number of rotatable bonds is 4. The summed E-state index contributed by atoms with van der Waals surface area (Å²) in [4.78, 5) is 37.3. The molecule has 1 saturated carbocycles. The number of nitrogens with zero attached hydrogens (tertiary/aromatic N) is 1. The summed E-state index contributed by atoms with van der Waals surface area (Å²) in [5, 5.41) is 12.1. The van der Waals surface area contributed by atoms with Crippen LogP contribution in [0.4, 0.5) is 4.79 Å². The minimum atomic E-state index is -0.735. The largest absolute Gasteiger partial charge is 0.481 e. The summed E-state index contributed by atoms with van der Waals surface area (Å²) in [7, 11) is 1.41. The lowest BCUT2D eigenvalue weighted by Crippen LogP contribution is -2.50. The predicted octanol–water partition coefficient (Wildman–Crippen LogP) is 1.63. The Morgan fingerprint density at radius 1 is 1.04 bits per heavy atom. The smallest absolute Gasteiger partial charge is 0.317 e. The summed E-state index contributed by atoms with van der Waals surface area (Å²) in [5.41, 5.74) is 0. The highest BCUT2D eigenvalue weighted by atomic mass is 16.5. The summed E-state index contributed by atoms with van der Waals surface area (Å²) in [6, 6.07) is -0.00298. The van der Waals surface area contributed by atoms with E-state index in [4.69, 9.17) is 14.6 Å². The van der Waals surface area contributed by atoms with Gasteiger partial charge in [0.2, 0.25) is 0 Å². The molecule has 8 nitrogen and oxygen atoms in total. The van der Waals surface area contributed by atoms with Gasteiger partial charge in [-0.25, -0.2) is 4.79 Å². The second-order valence-electron chi connectivity index (χ2n) is 7.91. The van der Waals surface area contributed by atoms with Crippen molar-refractivity contribution < 1.29 is 29.0 Å². The highest BCUT2D eigenvalue weighted by molar-refractivity contribution is 5.75. The normalized spacial score (nSPS) is 32.1. The van der Waals surface area contributed by atoms with Crippen LogP contribution in [-0.4, -0.2) is 66.9 Å². The van der Waals surface area contributed by atoms with Gasteiger partial charge in [-0.05, 0) is 50.9 Å². The monoisotopic (exact) mass is 382 g/mol. The maximum absolute atomic E-state index is 12.5. The third-order valence-electron chi connectivity index (χ3n) is 6.34. The van der Waals surface area contributed by atoms with Crippen molar-refractivity contribution in [3.8, 4) is 0 Å². The van der Waals surface area contributed by atoms with Crippen molar-refractivity contribution in [2.45, 2.75) is 57.1 Å². The van der Waals surface area contributed by atoms with Crippen LogP contribution in [0.3, 0.4) is 0 Å². The Labute approximate surface area is 159 Å². The topological polar surface area (TPSA) is 105 Å². The number of aliphatic carboxylic acids is 1. The quantitative estimate of drug-likeness (QED) is 0.716. The van der Waals surface area contributed by atoms with Gasteiger partial charge in [0.15, 0.2) is 0 Å². The Hall–Kier alpha value is -1.83. The Morgan fingerprint density at radius 3 is 2.30 bits per heavy atom. The molecule has 0 bridgehead atoms. The van der Waals surface area contributed by atoms with E-state index in [2.05, 4.69) is 5.32 Å². The summed E-state index contributed by atoms with van der Waals surface area (Å²) in [6.07, 6.45) is 4.92. The molecule has 0 aromatic carbocycles. The molecular formula is C19H30N2O6. The molecule has 27 heavy (non-hydrogen) atoms. The molecule has 2 saturated heterocycles. The van der Waals surface area contributed by atoms with E-state index in [1.165, 1.54) is 7.11 Å². The van der Waals surface area contributed by atoms with Crippen molar-refractivity contribution in [1.29, 1.82) is 0 Å². The second kappa shape index (κ2) is 8.91. The number of methoxy groups -OCH3 is 1. The maximum Gasteiger partial charge on any atom is 0.317 e. The molecule has 3 aliphatic rings. The van der Waals surface area contributed by atoms with E-state index in [1.807, 2.05) is 4.90 Å². The van der Waals surface area contributed by atoms with Crippen molar-refractivity contribution in [2.24, 2.45) is 17.8 Å². The number of likely N-dealkylation sites (tertiary alicyclic amines) is 1. The van der Waals surface area contributed by atoms with Gasteiger partial charge in [0.1, 0.15) is 0 Å². The first kappa shape index (κ1) is 19.9. The van der Waals surface area contributed by atoms with Gasteiger partial charge in [-0.2, -0.15) is 0 Å². The van der Waals surface area contributed by atoms with Gasteiger partial charge in [-0.1, -0.05) is 0 Å². The zero-order chi connectivity index (χ0) is 19.4. The zero-order valence-electron chi connectivity index (χ0n) is 15.9. The van der Waals surface area contributed by atoms with Gasteiger partial charge in [0, 0.05) is 25.7 Å². The molecular weight excluding hydrogens is 352 g/mol. The molecule has 2 aliphatic heterocycles. The fraction of sp³-hybridized carbons (Fsp3) is 0.842. The molecule has 2 heterocycles. The summed E-state index contributed by atoms with van der Waals surface area (Å²) < 4.78 is 10.7. The Bertz CT molecular complexity index is 552. The summed E-state index contributed by atoms with van der Waals surface area (Å²) in [6.45, 7) is 1.88. The Morgan fingerprint density at radius 2 is 1.70 bits per heavy atom. The number of piperidine rings is 1. The number of esters is 1. The maximum atomic E-state index is 12.5. The highest BCUT2D eigenvalue weighted by Crippen LogP contribution is 2.34. The average molecular weight is 382 g/mol. The van der Waals surface area contributed by atoms with E-state index in [9.17, 15) is 14.4 Å². The van der Waals surface area contributed by atoms with Crippen molar-refractivity contribution in [2.75, 3.05) is 26.8 Å². The van der Waals surface area contributed by atoms with Crippen LogP contribution in [0.15, 0.2) is 0 Å². The number of nitrogens with one attached hydrogen (secondary N) is 1. The predicted molar refractivity (Wildman–Crippen MR) is 96.1 cm³/mol. The number of carboxylic acid groups (broad SMARTS) is 1. The highest BCUT2D eigenvalue weighted by Gasteiger charge is 2.41. The zero-order valence-corrected chi connectivity index (χ0v) is 15.9. The number of carbonyl (C=O) groups is 3. The molecule has 1 aliphatic carbocycles. The number of hydrogen-bond donors (Lipinski definition) is 2. The van der Waals surface area contributed by atoms with E-state index in [0.717, 1.165) is 25.7 Å². The minimum absolute atomic E-state index is 0.0627. The van der Waals surface area contributed by atoms with Gasteiger partial charge in [0.05, 0.1) is 25.0 Å². The number of ether oxygens (including phenoxy) is 2. The minimum Gasteiger partial charge on any atom is -0.481 e. The van der Waals surface area contributed by atoms with Crippen LogP contribution in [0.2, 0.25) is 0 Å². The van der Waals surface area contributed by atoms with Gasteiger partial charge >= 0.3 is 18.0 Å². The number of urea groups is 1. The first-order valence-electron chi connectivity index (χ1n) is 9.97. The molecule has 0 aromatic heterocycles. The van der Waals surface area contributed by atoms with Crippen LogP contribution in [-0.2, 0) is 19.1 Å². The molecule has 0 radical (unpaired) electrons. The number of hydrogen-bond acceptors (Lipinski definition) is 5. The molecule has 152 valence electrons. The lowest BCUT2D eigenvalue weighted by atomic mass is 9.84. The molecule has 2 atom stereocenters. The SMILES string of the molecule is COC(=O)[C@@H]1CCO[C@H]1C1CCN(C(=O)NC2CCC(C(=O)O)CC2)CC1. The second-order valence-corrected chi connectivity index (χ2v) is 7.91. The Balaban J connectivity index is 1.43.